The fraction of sp³-hybridized carbons (Fsp3) is 0.320. The van der Waals surface area contributed by atoms with Crippen molar-refractivity contribution in [2.75, 3.05) is 25.0 Å². The lowest BCUT2D eigenvalue weighted by Gasteiger charge is -2.32. The number of carbonyl (C=O) groups is 2. The molecular formula is C25H25ClN4O5. The number of halogens is 1. The van der Waals surface area contributed by atoms with Gasteiger partial charge in [0.2, 0.25) is 5.91 Å². The summed E-state index contributed by atoms with van der Waals surface area (Å²) in [4.78, 5) is 28.0. The van der Waals surface area contributed by atoms with Crippen LogP contribution in [0.15, 0.2) is 68.9 Å². The third kappa shape index (κ3) is 5.11. The van der Waals surface area contributed by atoms with Crippen LogP contribution < -0.4 is 5.32 Å². The van der Waals surface area contributed by atoms with Gasteiger partial charge in [-0.1, -0.05) is 11.6 Å². The highest BCUT2D eigenvalue weighted by atomic mass is 35.5. The van der Waals surface area contributed by atoms with E-state index >= 15 is 0 Å². The fourth-order valence-corrected chi connectivity index (χ4v) is 4.67. The summed E-state index contributed by atoms with van der Waals surface area (Å²) in [5.41, 5.74) is 0.993. The molecule has 2 amide bonds. The van der Waals surface area contributed by atoms with Crippen LogP contribution in [-0.4, -0.2) is 52.2 Å². The normalized spacial score (nSPS) is 19.1. The highest BCUT2D eigenvalue weighted by molar-refractivity contribution is 6.31. The Morgan fingerprint density at radius 2 is 1.89 bits per heavy atom. The molecule has 0 spiro atoms. The minimum Gasteiger partial charge on any atom is -0.506 e. The van der Waals surface area contributed by atoms with E-state index in [1.54, 1.807) is 30.7 Å². The molecule has 9 nitrogen and oxygen atoms in total. The molecule has 1 aromatic carbocycles. The Bertz CT molecular complexity index is 1220. The smallest absolute Gasteiger partial charge is 0.257 e. The van der Waals surface area contributed by atoms with Gasteiger partial charge in [0.1, 0.15) is 29.0 Å². The van der Waals surface area contributed by atoms with E-state index in [1.807, 2.05) is 17.0 Å². The third-order valence-corrected chi connectivity index (χ3v) is 6.61. The van der Waals surface area contributed by atoms with E-state index in [4.69, 9.17) is 20.4 Å². The Kier molecular flexibility index (Phi) is 6.61. The maximum Gasteiger partial charge on any atom is 0.257 e. The van der Waals surface area contributed by atoms with Crippen LogP contribution >= 0.6 is 11.6 Å². The fourth-order valence-electron chi connectivity index (χ4n) is 4.49. The standard InChI is InChI=1S/C25H25ClN4O5/c26-17-5-6-21(31)18(13-17)27-25(33)16-7-9-29(10-8-16)15-24(32)30-20(23-4-2-12-35-23)14-19(28-30)22-3-1-11-34-22/h1-6,11-13,16,20,31H,7-10,14-15H2,(H,27,33). The number of amides is 2. The van der Waals surface area contributed by atoms with Gasteiger partial charge >= 0.3 is 0 Å². The summed E-state index contributed by atoms with van der Waals surface area (Å²) in [7, 11) is 0. The van der Waals surface area contributed by atoms with Crippen molar-refractivity contribution < 1.29 is 23.5 Å². The molecule has 3 aromatic rings. The minimum absolute atomic E-state index is 0.0306. The average molecular weight is 497 g/mol. The number of hydrogen-bond acceptors (Lipinski definition) is 7. The first-order valence-corrected chi connectivity index (χ1v) is 11.8. The second-order valence-electron chi connectivity index (χ2n) is 8.70. The first-order valence-electron chi connectivity index (χ1n) is 11.5. The number of nitrogens with zero attached hydrogens (tertiary/aromatic N) is 3. The molecule has 1 unspecified atom stereocenters. The van der Waals surface area contributed by atoms with Crippen LogP contribution in [-0.2, 0) is 9.59 Å². The number of hydrogen-bond donors (Lipinski definition) is 2. The predicted molar refractivity (Wildman–Crippen MR) is 129 cm³/mol. The van der Waals surface area contributed by atoms with Crippen LogP contribution in [0.3, 0.4) is 0 Å². The van der Waals surface area contributed by atoms with E-state index in [0.717, 1.165) is 0 Å². The summed E-state index contributed by atoms with van der Waals surface area (Å²) in [6, 6.07) is 11.4. The molecule has 0 bridgehead atoms. The van der Waals surface area contributed by atoms with Crippen LogP contribution in [0.4, 0.5) is 5.69 Å². The molecule has 2 aliphatic heterocycles. The molecule has 1 saturated heterocycles. The van der Waals surface area contributed by atoms with Gasteiger partial charge in [0.15, 0.2) is 0 Å². The van der Waals surface area contributed by atoms with Gasteiger partial charge in [0.25, 0.3) is 5.91 Å². The number of phenols is 1. The molecule has 0 radical (unpaired) electrons. The Hall–Kier alpha value is -3.56. The highest BCUT2D eigenvalue weighted by Crippen LogP contribution is 2.34. The Morgan fingerprint density at radius 1 is 1.11 bits per heavy atom. The number of anilines is 1. The maximum atomic E-state index is 13.2. The SMILES string of the molecule is O=C(Nc1cc(Cl)ccc1O)C1CCN(CC(=O)N2N=C(c3ccco3)CC2c2ccco2)CC1. The maximum absolute atomic E-state index is 13.2. The second kappa shape index (κ2) is 9.97. The van der Waals surface area contributed by atoms with E-state index in [9.17, 15) is 14.7 Å². The topological polar surface area (TPSA) is 112 Å². The van der Waals surface area contributed by atoms with E-state index in [0.29, 0.717) is 60.3 Å². The molecule has 1 fully saturated rings. The summed E-state index contributed by atoms with van der Waals surface area (Å²) in [6.07, 6.45) is 4.87. The number of aromatic hydroxyl groups is 1. The number of phenolic OH excluding ortho intramolecular Hbond substituents is 1. The molecular weight excluding hydrogens is 472 g/mol. The first kappa shape index (κ1) is 23.2. The van der Waals surface area contributed by atoms with Crippen molar-refractivity contribution in [2.24, 2.45) is 11.0 Å². The predicted octanol–water partition coefficient (Wildman–Crippen LogP) is 4.26. The van der Waals surface area contributed by atoms with Crippen LogP contribution in [0, 0.1) is 5.92 Å². The number of nitrogens with one attached hydrogen (secondary N) is 1. The van der Waals surface area contributed by atoms with Gasteiger partial charge in [-0.15, -0.1) is 0 Å². The van der Waals surface area contributed by atoms with E-state index in [-0.39, 0.29) is 36.1 Å². The van der Waals surface area contributed by atoms with Crippen LogP contribution in [0.2, 0.25) is 5.02 Å². The monoisotopic (exact) mass is 496 g/mol. The molecule has 4 heterocycles. The highest BCUT2D eigenvalue weighted by Gasteiger charge is 2.37. The molecule has 10 heteroatoms. The molecule has 2 N–H and O–H groups in total. The van der Waals surface area contributed by atoms with Crippen molar-refractivity contribution in [3.63, 3.8) is 0 Å². The summed E-state index contributed by atoms with van der Waals surface area (Å²) in [5, 5.41) is 19.2. The van der Waals surface area contributed by atoms with Crippen molar-refractivity contribution >= 4 is 34.8 Å². The van der Waals surface area contributed by atoms with Crippen molar-refractivity contribution in [3.05, 3.63) is 71.5 Å². The molecule has 0 aliphatic carbocycles. The van der Waals surface area contributed by atoms with Gasteiger partial charge < -0.3 is 19.3 Å². The largest absolute Gasteiger partial charge is 0.506 e. The average Bonchev–Trinajstić information content (AvgIpc) is 3.62. The van der Waals surface area contributed by atoms with Crippen LogP contribution in [0.1, 0.15) is 36.8 Å². The second-order valence-corrected chi connectivity index (χ2v) is 9.14. The number of benzene rings is 1. The molecule has 182 valence electrons. The summed E-state index contributed by atoms with van der Waals surface area (Å²) in [5.74, 6) is 0.749. The zero-order chi connectivity index (χ0) is 24.4. The van der Waals surface area contributed by atoms with Gasteiger partial charge in [0, 0.05) is 17.4 Å². The van der Waals surface area contributed by atoms with Gasteiger partial charge in [-0.3, -0.25) is 14.5 Å². The number of carbonyl (C=O) groups excluding carboxylic acids is 2. The van der Waals surface area contributed by atoms with Crippen molar-refractivity contribution in [3.8, 4) is 5.75 Å². The summed E-state index contributed by atoms with van der Waals surface area (Å²) in [6.45, 7) is 1.38. The zero-order valence-corrected chi connectivity index (χ0v) is 19.6. The quantitative estimate of drug-likeness (QED) is 0.493. The summed E-state index contributed by atoms with van der Waals surface area (Å²) >= 11 is 5.96. The van der Waals surface area contributed by atoms with Crippen LogP contribution in [0.5, 0.6) is 5.75 Å². The number of rotatable bonds is 6. The van der Waals surface area contributed by atoms with E-state index in [1.165, 1.54) is 17.1 Å². The first-order chi connectivity index (χ1) is 17.0. The lowest BCUT2D eigenvalue weighted by molar-refractivity contribution is -0.135. The molecule has 1 atom stereocenters. The summed E-state index contributed by atoms with van der Waals surface area (Å²) < 4.78 is 11.1. The molecule has 2 aromatic heterocycles. The number of piperidine rings is 1. The van der Waals surface area contributed by atoms with Crippen molar-refractivity contribution in [1.29, 1.82) is 0 Å². The third-order valence-electron chi connectivity index (χ3n) is 6.38. The molecule has 2 aliphatic rings. The van der Waals surface area contributed by atoms with E-state index < -0.39 is 0 Å². The Labute approximate surface area is 206 Å². The Morgan fingerprint density at radius 3 is 2.60 bits per heavy atom. The van der Waals surface area contributed by atoms with Crippen LogP contribution in [0.25, 0.3) is 0 Å². The molecule has 35 heavy (non-hydrogen) atoms. The lowest BCUT2D eigenvalue weighted by Crippen LogP contribution is -2.43. The van der Waals surface area contributed by atoms with Crippen molar-refractivity contribution in [1.82, 2.24) is 9.91 Å². The van der Waals surface area contributed by atoms with Gasteiger partial charge in [-0.25, -0.2) is 5.01 Å². The number of furan rings is 2. The van der Waals surface area contributed by atoms with Gasteiger partial charge in [-0.05, 0) is 68.4 Å². The van der Waals surface area contributed by atoms with Gasteiger partial charge in [-0.2, -0.15) is 5.10 Å². The number of likely N-dealkylation sites (tertiary alicyclic amines) is 1. The Balaban J connectivity index is 1.19. The van der Waals surface area contributed by atoms with E-state index in [2.05, 4.69) is 10.4 Å². The molecule has 5 rings (SSSR count). The lowest BCUT2D eigenvalue weighted by atomic mass is 9.95. The minimum atomic E-state index is -0.328. The zero-order valence-electron chi connectivity index (χ0n) is 18.9. The molecule has 0 saturated carbocycles. The van der Waals surface area contributed by atoms with Crippen molar-refractivity contribution in [2.45, 2.75) is 25.3 Å². The van der Waals surface area contributed by atoms with Gasteiger partial charge in [0.05, 0.1) is 24.8 Å². The number of hydrazone groups is 1.